The molecule has 0 rings (SSSR count). The number of nitrogens with two attached hydrogens (primary N) is 1. The highest BCUT2D eigenvalue weighted by Crippen LogP contribution is 1.95. The fourth-order valence-corrected chi connectivity index (χ4v) is 1.29. The summed E-state index contributed by atoms with van der Waals surface area (Å²) in [6.45, 7) is 8.26. The van der Waals surface area contributed by atoms with Crippen LogP contribution in [0.1, 0.15) is 40.5 Å². The Kier molecular flexibility index (Phi) is 7.54. The molecule has 4 N–H and O–H groups in total. The molecule has 2 atom stereocenters. The summed E-state index contributed by atoms with van der Waals surface area (Å²) in [6.07, 6.45) is 1.48. The molecule has 0 heterocycles. The van der Waals surface area contributed by atoms with E-state index in [-0.39, 0.29) is 11.8 Å². The summed E-state index contributed by atoms with van der Waals surface area (Å²) in [6, 6.07) is -1.07. The van der Waals surface area contributed by atoms with Crippen molar-refractivity contribution in [3.63, 3.8) is 0 Å². The van der Waals surface area contributed by atoms with Gasteiger partial charge in [-0.15, -0.1) is 0 Å². The van der Waals surface area contributed by atoms with Crippen LogP contribution in [0.5, 0.6) is 0 Å². The van der Waals surface area contributed by atoms with Crippen LogP contribution < -0.4 is 16.4 Å². The summed E-state index contributed by atoms with van der Waals surface area (Å²) in [5.41, 5.74) is 5.65. The highest BCUT2D eigenvalue weighted by Gasteiger charge is 2.19. The summed E-state index contributed by atoms with van der Waals surface area (Å²) in [7, 11) is 0. The van der Waals surface area contributed by atoms with Gasteiger partial charge in [0.25, 0.3) is 0 Å². The summed E-state index contributed by atoms with van der Waals surface area (Å²) in [5.74, 6) is -0.0426. The quantitative estimate of drug-likeness (QED) is 0.605. The van der Waals surface area contributed by atoms with E-state index in [1.54, 1.807) is 6.92 Å². The standard InChI is InChI=1S/C12H25N3O2/c1-5-6-10(13)12(17)15-9(4)11(16)14-7-8(2)3/h8-10H,5-7,13H2,1-4H3,(H,14,16)(H,15,17)/t9?,10-/m0/s1. The molecule has 0 radical (unpaired) electrons. The van der Waals surface area contributed by atoms with Gasteiger partial charge in [-0.05, 0) is 19.3 Å². The summed E-state index contributed by atoms with van der Waals surface area (Å²) in [5, 5.41) is 5.38. The molecule has 1 unspecified atom stereocenters. The second kappa shape index (κ2) is 8.06. The molecular weight excluding hydrogens is 218 g/mol. The van der Waals surface area contributed by atoms with Crippen molar-refractivity contribution in [2.75, 3.05) is 6.54 Å². The van der Waals surface area contributed by atoms with Gasteiger partial charge in [0.1, 0.15) is 6.04 Å². The van der Waals surface area contributed by atoms with Crippen molar-refractivity contribution in [3.05, 3.63) is 0 Å². The van der Waals surface area contributed by atoms with Gasteiger partial charge in [0.15, 0.2) is 0 Å². The largest absolute Gasteiger partial charge is 0.354 e. The maximum Gasteiger partial charge on any atom is 0.242 e. The van der Waals surface area contributed by atoms with Gasteiger partial charge >= 0.3 is 0 Å². The maximum atomic E-state index is 11.6. The predicted octanol–water partition coefficient (Wildman–Crippen LogP) is 0.391. The van der Waals surface area contributed by atoms with Crippen molar-refractivity contribution in [2.45, 2.75) is 52.6 Å². The van der Waals surface area contributed by atoms with Gasteiger partial charge in [-0.25, -0.2) is 0 Å². The summed E-state index contributed by atoms with van der Waals surface area (Å²) >= 11 is 0. The van der Waals surface area contributed by atoms with E-state index in [2.05, 4.69) is 10.6 Å². The maximum absolute atomic E-state index is 11.6. The van der Waals surface area contributed by atoms with E-state index < -0.39 is 12.1 Å². The molecule has 0 aromatic heterocycles. The van der Waals surface area contributed by atoms with Gasteiger partial charge in [0, 0.05) is 6.54 Å². The van der Waals surface area contributed by atoms with Crippen LogP contribution in [-0.2, 0) is 9.59 Å². The number of carbonyl (C=O) groups excluding carboxylic acids is 2. The lowest BCUT2D eigenvalue weighted by atomic mass is 10.1. The van der Waals surface area contributed by atoms with E-state index in [0.29, 0.717) is 18.9 Å². The third kappa shape index (κ3) is 6.94. The molecule has 0 spiro atoms. The molecule has 0 aliphatic rings. The lowest BCUT2D eigenvalue weighted by molar-refractivity contribution is -0.129. The topological polar surface area (TPSA) is 84.2 Å². The molecule has 0 aromatic rings. The van der Waals surface area contributed by atoms with E-state index in [4.69, 9.17) is 5.73 Å². The first-order valence-electron chi connectivity index (χ1n) is 6.22. The zero-order chi connectivity index (χ0) is 13.4. The van der Waals surface area contributed by atoms with Crippen LogP contribution in [0.3, 0.4) is 0 Å². The Morgan fingerprint density at radius 1 is 1.18 bits per heavy atom. The molecule has 0 aliphatic heterocycles. The Bertz CT molecular complexity index is 254. The Labute approximate surface area is 104 Å². The average molecular weight is 243 g/mol. The van der Waals surface area contributed by atoms with E-state index in [1.807, 2.05) is 20.8 Å². The van der Waals surface area contributed by atoms with Gasteiger partial charge in [-0.2, -0.15) is 0 Å². The second-order valence-corrected chi connectivity index (χ2v) is 4.76. The van der Waals surface area contributed by atoms with Crippen LogP contribution >= 0.6 is 0 Å². The van der Waals surface area contributed by atoms with Crippen LogP contribution in [0.2, 0.25) is 0 Å². The lowest BCUT2D eigenvalue weighted by Crippen LogP contribution is -2.50. The van der Waals surface area contributed by atoms with E-state index in [1.165, 1.54) is 0 Å². The molecule has 100 valence electrons. The Morgan fingerprint density at radius 3 is 2.24 bits per heavy atom. The van der Waals surface area contributed by atoms with E-state index in [0.717, 1.165) is 6.42 Å². The van der Waals surface area contributed by atoms with Gasteiger partial charge in [-0.3, -0.25) is 9.59 Å². The molecule has 0 bridgehead atoms. The minimum absolute atomic E-state index is 0.171. The molecule has 2 amide bonds. The van der Waals surface area contributed by atoms with Crippen LogP contribution in [0.4, 0.5) is 0 Å². The predicted molar refractivity (Wildman–Crippen MR) is 68.3 cm³/mol. The van der Waals surface area contributed by atoms with Crippen LogP contribution in [0.25, 0.3) is 0 Å². The monoisotopic (exact) mass is 243 g/mol. The minimum Gasteiger partial charge on any atom is -0.354 e. The number of carbonyl (C=O) groups is 2. The van der Waals surface area contributed by atoms with Crippen molar-refractivity contribution < 1.29 is 9.59 Å². The zero-order valence-electron chi connectivity index (χ0n) is 11.2. The molecule has 0 aromatic carbocycles. The normalized spacial score (nSPS) is 14.2. The van der Waals surface area contributed by atoms with Crippen molar-refractivity contribution in [3.8, 4) is 0 Å². The number of rotatable bonds is 7. The smallest absolute Gasteiger partial charge is 0.242 e. The minimum atomic E-state index is -0.538. The van der Waals surface area contributed by atoms with Gasteiger partial charge in [-0.1, -0.05) is 27.2 Å². The first-order valence-corrected chi connectivity index (χ1v) is 6.22. The van der Waals surface area contributed by atoms with Gasteiger partial charge in [0.2, 0.25) is 11.8 Å². The first-order chi connectivity index (χ1) is 7.88. The highest BCUT2D eigenvalue weighted by molar-refractivity contribution is 5.89. The Morgan fingerprint density at radius 2 is 1.76 bits per heavy atom. The summed E-state index contributed by atoms with van der Waals surface area (Å²) in [4.78, 5) is 23.2. The molecule has 0 aliphatic carbocycles. The highest BCUT2D eigenvalue weighted by atomic mass is 16.2. The molecule has 0 fully saturated rings. The molecule has 17 heavy (non-hydrogen) atoms. The number of amides is 2. The average Bonchev–Trinajstić information content (AvgIpc) is 2.25. The van der Waals surface area contributed by atoms with Crippen molar-refractivity contribution in [1.82, 2.24) is 10.6 Å². The lowest BCUT2D eigenvalue weighted by Gasteiger charge is -2.17. The van der Waals surface area contributed by atoms with Gasteiger partial charge < -0.3 is 16.4 Å². The molecular formula is C12H25N3O2. The van der Waals surface area contributed by atoms with Gasteiger partial charge in [0.05, 0.1) is 6.04 Å². The van der Waals surface area contributed by atoms with E-state index in [9.17, 15) is 9.59 Å². The zero-order valence-corrected chi connectivity index (χ0v) is 11.2. The second-order valence-electron chi connectivity index (χ2n) is 4.76. The SMILES string of the molecule is CCC[C@H](N)C(=O)NC(C)C(=O)NCC(C)C. The Balaban J connectivity index is 4.02. The van der Waals surface area contributed by atoms with Crippen molar-refractivity contribution in [2.24, 2.45) is 11.7 Å². The molecule has 5 heteroatoms. The fourth-order valence-electron chi connectivity index (χ4n) is 1.29. The number of hydrogen-bond acceptors (Lipinski definition) is 3. The van der Waals surface area contributed by atoms with Crippen LogP contribution in [-0.4, -0.2) is 30.4 Å². The van der Waals surface area contributed by atoms with E-state index >= 15 is 0 Å². The number of hydrogen-bond donors (Lipinski definition) is 3. The first kappa shape index (κ1) is 15.9. The number of nitrogens with one attached hydrogen (secondary N) is 2. The fraction of sp³-hybridized carbons (Fsp3) is 0.833. The van der Waals surface area contributed by atoms with Crippen LogP contribution in [0.15, 0.2) is 0 Å². The molecule has 0 saturated carbocycles. The third-order valence-corrected chi connectivity index (χ3v) is 2.37. The van der Waals surface area contributed by atoms with Crippen molar-refractivity contribution in [1.29, 1.82) is 0 Å². The third-order valence-electron chi connectivity index (χ3n) is 2.37. The van der Waals surface area contributed by atoms with Crippen molar-refractivity contribution >= 4 is 11.8 Å². The molecule has 0 saturated heterocycles. The molecule has 5 nitrogen and oxygen atoms in total. The van der Waals surface area contributed by atoms with Crippen LogP contribution in [0, 0.1) is 5.92 Å². The summed E-state index contributed by atoms with van der Waals surface area (Å²) < 4.78 is 0. The Hall–Kier alpha value is -1.10.